The minimum Gasteiger partial charge on any atom is -0.371 e. The Hall–Kier alpha value is -1.09. The zero-order valence-corrected chi connectivity index (χ0v) is 10.4. The topological polar surface area (TPSA) is 29.3 Å². The molecule has 0 bridgehead atoms. The molecule has 0 radical (unpaired) electrons. The lowest BCUT2D eigenvalue weighted by atomic mass is 10.0. The highest BCUT2D eigenvalue weighted by Gasteiger charge is 2.25. The van der Waals surface area contributed by atoms with Crippen LogP contribution in [0.1, 0.15) is 26.2 Å². The van der Waals surface area contributed by atoms with Crippen LogP contribution in [0.4, 0.5) is 10.1 Å². The number of rotatable bonds is 4. The van der Waals surface area contributed by atoms with Crippen molar-refractivity contribution >= 4 is 5.69 Å². The second kappa shape index (κ2) is 5.50. The van der Waals surface area contributed by atoms with Gasteiger partial charge in [-0.2, -0.15) is 0 Å². The summed E-state index contributed by atoms with van der Waals surface area (Å²) in [5, 5.41) is 0. The molecular formula is C14H21FN2. The minimum atomic E-state index is -0.178. The first kappa shape index (κ1) is 12.4. The van der Waals surface area contributed by atoms with Gasteiger partial charge in [0.15, 0.2) is 0 Å². The van der Waals surface area contributed by atoms with Crippen molar-refractivity contribution in [2.45, 2.75) is 32.2 Å². The van der Waals surface area contributed by atoms with E-state index >= 15 is 0 Å². The monoisotopic (exact) mass is 236 g/mol. The largest absolute Gasteiger partial charge is 0.371 e. The molecule has 1 fully saturated rings. The summed E-state index contributed by atoms with van der Waals surface area (Å²) in [5.74, 6) is 0.405. The van der Waals surface area contributed by atoms with Gasteiger partial charge in [-0.3, -0.25) is 0 Å². The summed E-state index contributed by atoms with van der Waals surface area (Å²) in [7, 11) is 0. The standard InChI is InChI=1S/C14H21FN2/c1-2-17(10-11-4-3-5-14(11)16)13-8-6-12(15)7-9-13/h6-9,11,14H,2-5,10,16H2,1H3. The third kappa shape index (κ3) is 2.97. The highest BCUT2D eigenvalue weighted by atomic mass is 19.1. The van der Waals surface area contributed by atoms with E-state index in [0.717, 1.165) is 25.2 Å². The van der Waals surface area contributed by atoms with E-state index in [4.69, 9.17) is 5.73 Å². The third-order valence-corrected chi connectivity index (χ3v) is 3.75. The summed E-state index contributed by atoms with van der Waals surface area (Å²) in [4.78, 5) is 2.29. The number of anilines is 1. The lowest BCUT2D eigenvalue weighted by Crippen LogP contribution is -2.36. The Morgan fingerprint density at radius 2 is 2.00 bits per heavy atom. The van der Waals surface area contributed by atoms with E-state index in [1.807, 2.05) is 12.1 Å². The number of hydrogen-bond donors (Lipinski definition) is 1. The Balaban J connectivity index is 2.03. The van der Waals surface area contributed by atoms with Crippen LogP contribution in [0.15, 0.2) is 24.3 Å². The van der Waals surface area contributed by atoms with Crippen molar-refractivity contribution in [3.63, 3.8) is 0 Å². The summed E-state index contributed by atoms with van der Waals surface area (Å²) in [6.07, 6.45) is 3.61. The Kier molecular flexibility index (Phi) is 4.00. The van der Waals surface area contributed by atoms with Crippen molar-refractivity contribution < 1.29 is 4.39 Å². The van der Waals surface area contributed by atoms with E-state index in [1.165, 1.54) is 25.0 Å². The molecule has 1 saturated carbocycles. The summed E-state index contributed by atoms with van der Waals surface area (Å²) >= 11 is 0. The summed E-state index contributed by atoms with van der Waals surface area (Å²) in [6.45, 7) is 4.06. The molecule has 2 N–H and O–H groups in total. The van der Waals surface area contributed by atoms with Crippen LogP contribution in [0.25, 0.3) is 0 Å². The molecule has 0 aromatic heterocycles. The Morgan fingerprint density at radius 1 is 1.29 bits per heavy atom. The van der Waals surface area contributed by atoms with Gasteiger partial charge in [-0.15, -0.1) is 0 Å². The summed E-state index contributed by atoms with van der Waals surface area (Å²) < 4.78 is 12.9. The molecule has 0 spiro atoms. The van der Waals surface area contributed by atoms with E-state index in [9.17, 15) is 4.39 Å². The van der Waals surface area contributed by atoms with E-state index in [-0.39, 0.29) is 5.82 Å². The average Bonchev–Trinajstić information content (AvgIpc) is 2.73. The summed E-state index contributed by atoms with van der Waals surface area (Å²) in [5.41, 5.74) is 7.19. The first-order valence-corrected chi connectivity index (χ1v) is 6.46. The van der Waals surface area contributed by atoms with Gasteiger partial charge < -0.3 is 10.6 Å². The molecule has 94 valence electrons. The third-order valence-electron chi connectivity index (χ3n) is 3.75. The second-order valence-electron chi connectivity index (χ2n) is 4.87. The van der Waals surface area contributed by atoms with Gasteiger partial charge >= 0.3 is 0 Å². The van der Waals surface area contributed by atoms with Gasteiger partial charge in [-0.1, -0.05) is 6.42 Å². The van der Waals surface area contributed by atoms with Crippen molar-refractivity contribution in [3.8, 4) is 0 Å². The van der Waals surface area contributed by atoms with Gasteiger partial charge in [0.2, 0.25) is 0 Å². The molecule has 1 aromatic rings. The molecule has 1 aromatic carbocycles. The molecule has 2 rings (SSSR count). The van der Waals surface area contributed by atoms with Crippen LogP contribution < -0.4 is 10.6 Å². The van der Waals surface area contributed by atoms with Crippen LogP contribution in [0.5, 0.6) is 0 Å². The molecule has 2 atom stereocenters. The van der Waals surface area contributed by atoms with Crippen molar-refractivity contribution in [1.29, 1.82) is 0 Å². The maximum absolute atomic E-state index is 12.9. The zero-order chi connectivity index (χ0) is 12.3. The van der Waals surface area contributed by atoms with Crippen molar-refractivity contribution in [1.82, 2.24) is 0 Å². The van der Waals surface area contributed by atoms with Crippen molar-refractivity contribution in [2.75, 3.05) is 18.0 Å². The Bertz CT molecular complexity index is 350. The quantitative estimate of drug-likeness (QED) is 0.871. The lowest BCUT2D eigenvalue weighted by Gasteiger charge is -2.28. The number of benzene rings is 1. The average molecular weight is 236 g/mol. The molecule has 0 aliphatic heterocycles. The molecule has 0 heterocycles. The molecular weight excluding hydrogens is 215 g/mol. The fourth-order valence-corrected chi connectivity index (χ4v) is 2.64. The smallest absolute Gasteiger partial charge is 0.123 e. The van der Waals surface area contributed by atoms with E-state index in [2.05, 4.69) is 11.8 Å². The van der Waals surface area contributed by atoms with Gasteiger partial charge in [-0.25, -0.2) is 4.39 Å². The number of nitrogens with zero attached hydrogens (tertiary/aromatic N) is 1. The first-order chi connectivity index (χ1) is 8.20. The molecule has 1 aliphatic rings. The molecule has 2 nitrogen and oxygen atoms in total. The summed E-state index contributed by atoms with van der Waals surface area (Å²) in [6, 6.07) is 7.07. The number of halogens is 1. The van der Waals surface area contributed by atoms with Crippen LogP contribution >= 0.6 is 0 Å². The number of nitrogens with two attached hydrogens (primary N) is 1. The van der Waals surface area contributed by atoms with E-state index in [0.29, 0.717) is 12.0 Å². The Morgan fingerprint density at radius 3 is 2.53 bits per heavy atom. The van der Waals surface area contributed by atoms with E-state index in [1.54, 1.807) is 0 Å². The van der Waals surface area contributed by atoms with Crippen LogP contribution in [-0.4, -0.2) is 19.1 Å². The highest BCUT2D eigenvalue weighted by molar-refractivity contribution is 5.46. The minimum absolute atomic E-state index is 0.178. The molecule has 3 heteroatoms. The second-order valence-corrected chi connectivity index (χ2v) is 4.87. The Labute approximate surface area is 103 Å². The fourth-order valence-electron chi connectivity index (χ4n) is 2.64. The predicted octanol–water partition coefficient (Wildman–Crippen LogP) is 2.78. The van der Waals surface area contributed by atoms with Crippen molar-refractivity contribution in [3.05, 3.63) is 30.1 Å². The van der Waals surface area contributed by atoms with Crippen LogP contribution in [0.2, 0.25) is 0 Å². The molecule has 17 heavy (non-hydrogen) atoms. The molecule has 1 aliphatic carbocycles. The zero-order valence-electron chi connectivity index (χ0n) is 10.4. The van der Waals surface area contributed by atoms with Crippen molar-refractivity contribution in [2.24, 2.45) is 11.7 Å². The predicted molar refractivity (Wildman–Crippen MR) is 69.6 cm³/mol. The molecule has 2 unspecified atom stereocenters. The highest BCUT2D eigenvalue weighted by Crippen LogP contribution is 2.26. The number of hydrogen-bond acceptors (Lipinski definition) is 2. The van der Waals surface area contributed by atoms with Crippen LogP contribution in [0.3, 0.4) is 0 Å². The lowest BCUT2D eigenvalue weighted by molar-refractivity contribution is 0.475. The van der Waals surface area contributed by atoms with Gasteiger partial charge in [-0.05, 0) is 49.9 Å². The molecule has 0 amide bonds. The first-order valence-electron chi connectivity index (χ1n) is 6.46. The van der Waals surface area contributed by atoms with E-state index < -0.39 is 0 Å². The molecule has 0 saturated heterocycles. The van der Waals surface area contributed by atoms with Crippen LogP contribution in [0, 0.1) is 11.7 Å². The van der Waals surface area contributed by atoms with Gasteiger partial charge in [0, 0.05) is 24.8 Å². The maximum Gasteiger partial charge on any atom is 0.123 e. The normalized spacial score (nSPS) is 23.9. The van der Waals surface area contributed by atoms with Gasteiger partial charge in [0.1, 0.15) is 5.82 Å². The maximum atomic E-state index is 12.9. The fraction of sp³-hybridized carbons (Fsp3) is 0.571. The van der Waals surface area contributed by atoms with Gasteiger partial charge in [0.05, 0.1) is 0 Å². The van der Waals surface area contributed by atoms with Gasteiger partial charge in [0.25, 0.3) is 0 Å². The van der Waals surface area contributed by atoms with Crippen LogP contribution in [-0.2, 0) is 0 Å². The SMILES string of the molecule is CCN(CC1CCCC1N)c1ccc(F)cc1.